The second-order valence-electron chi connectivity index (χ2n) is 7.89. The molecular formula is C24H29ClN4O4S. The third-order valence-electron chi connectivity index (χ3n) is 5.16. The first-order chi connectivity index (χ1) is 16.3. The molecule has 3 rings (SSSR count). The molecule has 1 aromatic heterocycles. The number of allylic oxidation sites excluding steroid dienone is 3. The van der Waals surface area contributed by atoms with Crippen LogP contribution in [-0.2, 0) is 19.3 Å². The van der Waals surface area contributed by atoms with E-state index in [0.717, 1.165) is 6.42 Å². The Morgan fingerprint density at radius 3 is 2.68 bits per heavy atom. The Labute approximate surface area is 205 Å². The Morgan fingerprint density at radius 1 is 1.26 bits per heavy atom. The van der Waals surface area contributed by atoms with Crippen molar-refractivity contribution in [2.45, 2.75) is 61.8 Å². The van der Waals surface area contributed by atoms with Gasteiger partial charge in [-0.2, -0.15) is 4.68 Å². The number of aromatic nitrogens is 4. The largest absolute Gasteiger partial charge is 0.353 e. The second kappa shape index (κ2) is 12.3. The summed E-state index contributed by atoms with van der Waals surface area (Å²) >= 11 is 5.94. The van der Waals surface area contributed by atoms with Crippen molar-refractivity contribution in [3.05, 3.63) is 54.6 Å². The molecule has 10 heteroatoms. The number of tetrazole rings is 1. The minimum absolute atomic E-state index is 0.167. The van der Waals surface area contributed by atoms with E-state index in [9.17, 15) is 8.42 Å². The molecule has 1 aliphatic rings. The summed E-state index contributed by atoms with van der Waals surface area (Å²) in [6, 6.07) is 8.89. The summed E-state index contributed by atoms with van der Waals surface area (Å²) in [7, 11) is -3.85. The SMILES string of the molecule is CCOC(C)O[C@@H](/C=C/C=C/C#C[C@@H]1C[C@H]1Cl)C[C@@H](C)S(=O)(=O)c1nnnn1-c1ccccc1. The number of alkyl halides is 1. The number of hydrogen-bond acceptors (Lipinski definition) is 7. The van der Waals surface area contributed by atoms with Crippen molar-refractivity contribution in [3.63, 3.8) is 0 Å². The first kappa shape index (κ1) is 26.1. The molecule has 5 atom stereocenters. The van der Waals surface area contributed by atoms with Gasteiger partial charge in [0.05, 0.1) is 17.0 Å². The van der Waals surface area contributed by atoms with Gasteiger partial charge in [0.15, 0.2) is 6.29 Å². The van der Waals surface area contributed by atoms with Gasteiger partial charge in [-0.15, -0.1) is 11.6 Å². The quantitative estimate of drug-likeness (QED) is 0.199. The summed E-state index contributed by atoms with van der Waals surface area (Å²) in [5.41, 5.74) is 0.564. The van der Waals surface area contributed by atoms with Gasteiger partial charge in [0.25, 0.3) is 5.16 Å². The smallest absolute Gasteiger partial charge is 0.272 e. The van der Waals surface area contributed by atoms with Gasteiger partial charge in [-0.3, -0.25) is 0 Å². The lowest BCUT2D eigenvalue weighted by atomic mass is 10.2. The van der Waals surface area contributed by atoms with Gasteiger partial charge in [0.1, 0.15) is 0 Å². The molecule has 0 N–H and O–H groups in total. The summed E-state index contributed by atoms with van der Waals surface area (Å²) in [5, 5.41) is 10.4. The van der Waals surface area contributed by atoms with Gasteiger partial charge in [0.2, 0.25) is 9.84 Å². The molecule has 1 aliphatic carbocycles. The Morgan fingerprint density at radius 2 is 2.00 bits per heavy atom. The fraction of sp³-hybridized carbons (Fsp3) is 0.458. The van der Waals surface area contributed by atoms with Gasteiger partial charge < -0.3 is 9.47 Å². The Bertz CT molecular complexity index is 1150. The van der Waals surface area contributed by atoms with Crippen LogP contribution < -0.4 is 0 Å². The fourth-order valence-corrected chi connectivity index (χ4v) is 4.77. The van der Waals surface area contributed by atoms with Gasteiger partial charge in [-0.05, 0) is 62.2 Å². The van der Waals surface area contributed by atoms with Crippen molar-refractivity contribution in [1.29, 1.82) is 0 Å². The maximum Gasteiger partial charge on any atom is 0.272 e. The Kier molecular flexibility index (Phi) is 9.42. The third kappa shape index (κ3) is 7.24. The summed E-state index contributed by atoms with van der Waals surface area (Å²) in [6.07, 6.45) is 7.21. The van der Waals surface area contributed by atoms with Gasteiger partial charge >= 0.3 is 0 Å². The molecular weight excluding hydrogens is 476 g/mol. The molecule has 0 spiro atoms. The molecule has 34 heavy (non-hydrogen) atoms. The number of halogens is 1. The van der Waals surface area contributed by atoms with Crippen LogP contribution in [0.1, 0.15) is 33.6 Å². The lowest BCUT2D eigenvalue weighted by Crippen LogP contribution is -2.29. The maximum atomic E-state index is 13.3. The Balaban J connectivity index is 1.72. The van der Waals surface area contributed by atoms with Crippen LogP contribution in [0.4, 0.5) is 0 Å². The van der Waals surface area contributed by atoms with Gasteiger partial charge in [-0.1, -0.05) is 53.4 Å². The molecule has 0 amide bonds. The predicted octanol–water partition coefficient (Wildman–Crippen LogP) is 3.73. The summed E-state index contributed by atoms with van der Waals surface area (Å²) in [4.78, 5) is 0. The van der Waals surface area contributed by atoms with E-state index in [1.165, 1.54) is 4.68 Å². The minimum atomic E-state index is -3.85. The first-order valence-electron chi connectivity index (χ1n) is 11.2. The molecule has 1 aromatic carbocycles. The molecule has 0 saturated heterocycles. The molecule has 182 valence electrons. The highest BCUT2D eigenvalue weighted by Crippen LogP contribution is 2.35. The van der Waals surface area contributed by atoms with Crippen LogP contribution in [0.25, 0.3) is 5.69 Å². The van der Waals surface area contributed by atoms with E-state index in [2.05, 4.69) is 27.4 Å². The molecule has 1 saturated carbocycles. The molecule has 1 unspecified atom stereocenters. The van der Waals surface area contributed by atoms with Crippen molar-refractivity contribution in [2.24, 2.45) is 5.92 Å². The normalized spacial score (nSPS) is 20.7. The lowest BCUT2D eigenvalue weighted by molar-refractivity contribution is -0.146. The van der Waals surface area contributed by atoms with Gasteiger partial charge in [-0.25, -0.2) is 8.42 Å². The van der Waals surface area contributed by atoms with Gasteiger partial charge in [0, 0.05) is 17.9 Å². The van der Waals surface area contributed by atoms with E-state index in [-0.39, 0.29) is 22.9 Å². The number of rotatable bonds is 11. The number of nitrogens with zero attached hydrogens (tertiary/aromatic N) is 4. The summed E-state index contributed by atoms with van der Waals surface area (Å²) < 4.78 is 39.3. The standard InChI is InChI=1S/C24H29ClN4O4S/c1-4-32-19(3)33-22(15-11-6-5-8-12-20-17-23(20)25)16-18(2)34(30,31)24-26-27-28-29(24)21-13-9-7-10-14-21/h5-7,9-11,13-15,18-20,22-23H,4,16-17H2,1-3H3/b6-5+,15-11+/t18-,19?,20-,22+,23-/m1/s1. The van der Waals surface area contributed by atoms with Crippen LogP contribution in [0.15, 0.2) is 59.8 Å². The number of benzene rings is 1. The van der Waals surface area contributed by atoms with Crippen LogP contribution >= 0.6 is 11.6 Å². The highest BCUT2D eigenvalue weighted by Gasteiger charge is 2.33. The third-order valence-corrected chi connectivity index (χ3v) is 7.65. The zero-order valence-electron chi connectivity index (χ0n) is 19.4. The van der Waals surface area contributed by atoms with Crippen molar-refractivity contribution in [2.75, 3.05) is 6.61 Å². The topological polar surface area (TPSA) is 96.2 Å². The van der Waals surface area contributed by atoms with Crippen molar-refractivity contribution in [1.82, 2.24) is 20.2 Å². The fourth-order valence-electron chi connectivity index (χ4n) is 3.18. The van der Waals surface area contributed by atoms with Crippen molar-refractivity contribution < 1.29 is 17.9 Å². The van der Waals surface area contributed by atoms with Crippen LogP contribution in [-0.4, -0.2) is 58.3 Å². The van der Waals surface area contributed by atoms with E-state index < -0.39 is 27.5 Å². The van der Waals surface area contributed by atoms with Crippen molar-refractivity contribution >= 4 is 21.4 Å². The molecule has 1 heterocycles. The predicted molar refractivity (Wildman–Crippen MR) is 130 cm³/mol. The zero-order valence-corrected chi connectivity index (χ0v) is 21.0. The molecule has 0 bridgehead atoms. The van der Waals surface area contributed by atoms with E-state index in [4.69, 9.17) is 21.1 Å². The van der Waals surface area contributed by atoms with Crippen molar-refractivity contribution in [3.8, 4) is 17.5 Å². The summed E-state index contributed by atoms with van der Waals surface area (Å²) in [5.74, 6) is 6.32. The maximum absolute atomic E-state index is 13.3. The highest BCUT2D eigenvalue weighted by atomic mass is 35.5. The van der Waals surface area contributed by atoms with Crippen LogP contribution in [0.5, 0.6) is 0 Å². The van der Waals surface area contributed by atoms with E-state index in [0.29, 0.717) is 12.3 Å². The second-order valence-corrected chi connectivity index (χ2v) is 10.7. The number of para-hydroxylation sites is 1. The average molecular weight is 505 g/mol. The molecule has 8 nitrogen and oxygen atoms in total. The van der Waals surface area contributed by atoms with E-state index >= 15 is 0 Å². The molecule has 0 radical (unpaired) electrons. The van der Waals surface area contributed by atoms with E-state index in [1.807, 2.05) is 13.0 Å². The molecule has 2 aromatic rings. The monoisotopic (exact) mass is 504 g/mol. The lowest BCUT2D eigenvalue weighted by Gasteiger charge is -2.22. The minimum Gasteiger partial charge on any atom is -0.353 e. The summed E-state index contributed by atoms with van der Waals surface area (Å²) in [6.45, 7) is 5.75. The zero-order chi connectivity index (χ0) is 24.6. The average Bonchev–Trinajstić information content (AvgIpc) is 3.29. The van der Waals surface area contributed by atoms with Crippen LogP contribution in [0.2, 0.25) is 0 Å². The van der Waals surface area contributed by atoms with E-state index in [1.54, 1.807) is 62.4 Å². The van der Waals surface area contributed by atoms with Crippen LogP contribution in [0.3, 0.4) is 0 Å². The number of sulfone groups is 1. The van der Waals surface area contributed by atoms with Crippen LogP contribution in [0, 0.1) is 17.8 Å². The molecule has 0 aliphatic heterocycles. The first-order valence-corrected chi connectivity index (χ1v) is 13.1. The molecule has 1 fully saturated rings. The number of ether oxygens (including phenoxy) is 2. The highest BCUT2D eigenvalue weighted by molar-refractivity contribution is 7.91. The Hall–Kier alpha value is -2.51. The number of hydrogen-bond donors (Lipinski definition) is 0.